The largest absolute Gasteiger partial charge is 0.379 e. The quantitative estimate of drug-likeness (QED) is 0.760. The van der Waals surface area contributed by atoms with Gasteiger partial charge in [0.15, 0.2) is 0 Å². The molecule has 0 aliphatic heterocycles. The van der Waals surface area contributed by atoms with E-state index in [1.165, 1.54) is 12.1 Å². The zero-order valence-corrected chi connectivity index (χ0v) is 11.5. The molecule has 0 aliphatic rings. The van der Waals surface area contributed by atoms with Gasteiger partial charge in [-0.3, -0.25) is 4.98 Å². The number of halogens is 1. The van der Waals surface area contributed by atoms with Crippen LogP contribution < -0.4 is 5.32 Å². The minimum atomic E-state index is -0.243. The lowest BCUT2D eigenvalue weighted by Crippen LogP contribution is -2.01. The van der Waals surface area contributed by atoms with Crippen LogP contribution in [0.25, 0.3) is 11.1 Å². The fourth-order valence-electron chi connectivity index (χ4n) is 2.12. The van der Waals surface area contributed by atoms with Crippen molar-refractivity contribution in [3.05, 3.63) is 84.4 Å². The first-order valence-electron chi connectivity index (χ1n) is 6.81. The van der Waals surface area contributed by atoms with Gasteiger partial charge in [0.2, 0.25) is 0 Å². The molecule has 0 saturated heterocycles. The Balaban J connectivity index is 1.68. The van der Waals surface area contributed by atoms with Gasteiger partial charge in [-0.05, 0) is 29.8 Å². The van der Waals surface area contributed by atoms with Crippen LogP contribution >= 0.6 is 0 Å². The summed E-state index contributed by atoms with van der Waals surface area (Å²) in [6.45, 7) is 0.568. The molecule has 0 atom stereocenters. The Labute approximate surface area is 123 Å². The van der Waals surface area contributed by atoms with E-state index in [-0.39, 0.29) is 5.82 Å². The molecular formula is C18H15FN2. The van der Waals surface area contributed by atoms with E-state index in [1.54, 1.807) is 6.07 Å². The van der Waals surface area contributed by atoms with Gasteiger partial charge in [0, 0.05) is 17.4 Å². The van der Waals surface area contributed by atoms with Gasteiger partial charge in [0.25, 0.3) is 0 Å². The summed E-state index contributed by atoms with van der Waals surface area (Å²) < 4.78 is 13.1. The van der Waals surface area contributed by atoms with Crippen molar-refractivity contribution in [2.45, 2.75) is 6.54 Å². The van der Waals surface area contributed by atoms with Crippen LogP contribution in [-0.2, 0) is 6.54 Å². The monoisotopic (exact) mass is 278 g/mol. The second kappa shape index (κ2) is 6.18. The van der Waals surface area contributed by atoms with E-state index in [9.17, 15) is 4.39 Å². The zero-order chi connectivity index (χ0) is 14.5. The van der Waals surface area contributed by atoms with Gasteiger partial charge in [-0.25, -0.2) is 4.39 Å². The predicted molar refractivity (Wildman–Crippen MR) is 83.4 cm³/mol. The molecule has 21 heavy (non-hydrogen) atoms. The SMILES string of the molecule is Fc1cccc(NCc2ccc(-c3ccccc3)cn2)c1. The lowest BCUT2D eigenvalue weighted by Gasteiger charge is -2.07. The van der Waals surface area contributed by atoms with Crippen molar-refractivity contribution in [2.24, 2.45) is 0 Å². The van der Waals surface area contributed by atoms with Crippen molar-refractivity contribution in [3.63, 3.8) is 0 Å². The van der Waals surface area contributed by atoms with Crippen molar-refractivity contribution in [1.29, 1.82) is 0 Å². The van der Waals surface area contributed by atoms with E-state index in [1.807, 2.05) is 42.6 Å². The summed E-state index contributed by atoms with van der Waals surface area (Å²) in [6.07, 6.45) is 1.86. The number of hydrogen-bond donors (Lipinski definition) is 1. The summed E-state index contributed by atoms with van der Waals surface area (Å²) >= 11 is 0. The zero-order valence-electron chi connectivity index (χ0n) is 11.5. The van der Waals surface area contributed by atoms with Gasteiger partial charge in [0.05, 0.1) is 12.2 Å². The minimum absolute atomic E-state index is 0.243. The van der Waals surface area contributed by atoms with Crippen molar-refractivity contribution in [3.8, 4) is 11.1 Å². The van der Waals surface area contributed by atoms with Crippen LogP contribution in [0, 0.1) is 5.82 Å². The number of rotatable bonds is 4. The molecule has 0 amide bonds. The third-order valence-corrected chi connectivity index (χ3v) is 3.23. The molecule has 0 bridgehead atoms. The first kappa shape index (κ1) is 13.3. The predicted octanol–water partition coefficient (Wildman–Crippen LogP) is 4.50. The highest BCUT2D eigenvalue weighted by Crippen LogP contribution is 2.18. The van der Waals surface area contributed by atoms with Crippen molar-refractivity contribution >= 4 is 5.69 Å². The number of pyridine rings is 1. The van der Waals surface area contributed by atoms with E-state index in [0.29, 0.717) is 6.54 Å². The van der Waals surface area contributed by atoms with Crippen molar-refractivity contribution in [2.75, 3.05) is 5.32 Å². The van der Waals surface area contributed by atoms with Crippen LogP contribution in [-0.4, -0.2) is 4.98 Å². The van der Waals surface area contributed by atoms with Gasteiger partial charge in [-0.1, -0.05) is 42.5 Å². The fourth-order valence-corrected chi connectivity index (χ4v) is 2.12. The Morgan fingerprint density at radius 3 is 2.43 bits per heavy atom. The van der Waals surface area contributed by atoms with E-state index in [2.05, 4.69) is 22.4 Å². The maximum atomic E-state index is 13.1. The molecular weight excluding hydrogens is 263 g/mol. The second-order valence-electron chi connectivity index (χ2n) is 4.77. The molecule has 0 aliphatic carbocycles. The number of anilines is 1. The molecule has 2 nitrogen and oxygen atoms in total. The smallest absolute Gasteiger partial charge is 0.125 e. The standard InChI is InChI=1S/C18H15FN2/c19-16-7-4-8-17(11-16)21-13-18-10-9-15(12-20-18)14-5-2-1-3-6-14/h1-12,21H,13H2. The molecule has 0 unspecified atom stereocenters. The number of nitrogens with zero attached hydrogens (tertiary/aromatic N) is 1. The summed E-state index contributed by atoms with van der Waals surface area (Å²) in [7, 11) is 0. The van der Waals surface area contributed by atoms with Crippen LogP contribution in [0.5, 0.6) is 0 Å². The molecule has 104 valence electrons. The molecule has 3 rings (SSSR count). The van der Waals surface area contributed by atoms with Gasteiger partial charge in [-0.15, -0.1) is 0 Å². The maximum absolute atomic E-state index is 13.1. The second-order valence-corrected chi connectivity index (χ2v) is 4.77. The van der Waals surface area contributed by atoms with Crippen molar-refractivity contribution in [1.82, 2.24) is 4.98 Å². The van der Waals surface area contributed by atoms with Crippen LogP contribution in [0.4, 0.5) is 10.1 Å². The number of nitrogens with one attached hydrogen (secondary N) is 1. The summed E-state index contributed by atoms with van der Waals surface area (Å²) in [6, 6.07) is 20.6. The Morgan fingerprint density at radius 1 is 0.857 bits per heavy atom. The fraction of sp³-hybridized carbons (Fsp3) is 0.0556. The Bertz CT molecular complexity index is 709. The third kappa shape index (κ3) is 3.45. The number of hydrogen-bond acceptors (Lipinski definition) is 2. The molecule has 2 aromatic carbocycles. The average molecular weight is 278 g/mol. The molecule has 0 spiro atoms. The van der Waals surface area contributed by atoms with E-state index in [0.717, 1.165) is 22.5 Å². The normalized spacial score (nSPS) is 10.3. The minimum Gasteiger partial charge on any atom is -0.379 e. The molecule has 0 saturated carbocycles. The first-order chi connectivity index (χ1) is 10.3. The Kier molecular flexibility index (Phi) is 3.92. The Hall–Kier alpha value is -2.68. The molecule has 0 radical (unpaired) electrons. The van der Waals surface area contributed by atoms with Crippen LogP contribution in [0.1, 0.15) is 5.69 Å². The van der Waals surface area contributed by atoms with Crippen LogP contribution in [0.15, 0.2) is 72.9 Å². The summed E-state index contributed by atoms with van der Waals surface area (Å²) in [5.74, 6) is -0.243. The molecule has 1 aromatic heterocycles. The van der Waals surface area contributed by atoms with E-state index >= 15 is 0 Å². The first-order valence-corrected chi connectivity index (χ1v) is 6.81. The van der Waals surface area contributed by atoms with Gasteiger partial charge < -0.3 is 5.32 Å². The van der Waals surface area contributed by atoms with Gasteiger partial charge in [-0.2, -0.15) is 0 Å². The molecule has 0 fully saturated rings. The van der Waals surface area contributed by atoms with Crippen LogP contribution in [0.3, 0.4) is 0 Å². The third-order valence-electron chi connectivity index (χ3n) is 3.23. The molecule has 3 heteroatoms. The summed E-state index contributed by atoms with van der Waals surface area (Å²) in [5, 5.41) is 3.16. The summed E-state index contributed by atoms with van der Waals surface area (Å²) in [5.41, 5.74) is 3.91. The van der Waals surface area contributed by atoms with E-state index < -0.39 is 0 Å². The van der Waals surface area contributed by atoms with Gasteiger partial charge in [0.1, 0.15) is 5.82 Å². The highest BCUT2D eigenvalue weighted by atomic mass is 19.1. The number of benzene rings is 2. The van der Waals surface area contributed by atoms with Crippen molar-refractivity contribution < 1.29 is 4.39 Å². The maximum Gasteiger partial charge on any atom is 0.125 e. The Morgan fingerprint density at radius 2 is 1.71 bits per heavy atom. The summed E-state index contributed by atoms with van der Waals surface area (Å²) in [4.78, 5) is 4.44. The lowest BCUT2D eigenvalue weighted by molar-refractivity contribution is 0.628. The molecule has 1 N–H and O–H groups in total. The number of aromatic nitrogens is 1. The molecule has 3 aromatic rings. The topological polar surface area (TPSA) is 24.9 Å². The van der Waals surface area contributed by atoms with Gasteiger partial charge >= 0.3 is 0 Å². The lowest BCUT2D eigenvalue weighted by atomic mass is 10.1. The average Bonchev–Trinajstić information content (AvgIpc) is 2.54. The molecule has 1 heterocycles. The van der Waals surface area contributed by atoms with E-state index in [4.69, 9.17) is 0 Å². The highest BCUT2D eigenvalue weighted by Gasteiger charge is 2.00. The van der Waals surface area contributed by atoms with Crippen LogP contribution in [0.2, 0.25) is 0 Å². The highest BCUT2D eigenvalue weighted by molar-refractivity contribution is 5.62.